The van der Waals surface area contributed by atoms with Crippen molar-refractivity contribution >= 4 is 65.8 Å². The van der Waals surface area contributed by atoms with Crippen LogP contribution in [0.4, 0.5) is 0 Å². The predicted octanol–water partition coefficient (Wildman–Crippen LogP) is 6.41. The molecule has 0 aliphatic carbocycles. The highest BCUT2D eigenvalue weighted by atomic mass is 79.9. The molecule has 5 rings (SSSR count). The lowest BCUT2D eigenvalue weighted by Gasteiger charge is -2.14. The first-order valence-corrected chi connectivity index (χ1v) is 13.1. The number of nitrogens with one attached hydrogen (secondary N) is 1. The lowest BCUT2D eigenvalue weighted by Crippen LogP contribution is -2.25. The van der Waals surface area contributed by atoms with Crippen molar-refractivity contribution in [1.29, 1.82) is 0 Å². The van der Waals surface area contributed by atoms with Crippen LogP contribution in [0.3, 0.4) is 0 Å². The second-order valence-corrected chi connectivity index (χ2v) is 10.0. The molecule has 0 fully saturated rings. The van der Waals surface area contributed by atoms with Crippen LogP contribution in [-0.2, 0) is 17.9 Å². The fraction of sp³-hybridized carbons (Fsp3) is 0.0690. The molecule has 4 aromatic carbocycles. The zero-order chi connectivity index (χ0) is 25.8. The van der Waals surface area contributed by atoms with Crippen molar-refractivity contribution < 1.29 is 9.53 Å². The Bertz CT molecular complexity index is 1620. The van der Waals surface area contributed by atoms with E-state index < -0.39 is 0 Å². The van der Waals surface area contributed by atoms with E-state index in [0.29, 0.717) is 34.2 Å². The molecule has 0 unspecified atom stereocenters. The number of nitrogens with zero attached hydrogens (tertiary/aromatic N) is 2. The first-order valence-electron chi connectivity index (χ1n) is 11.5. The number of pyridine rings is 1. The Labute approximate surface area is 229 Å². The molecular formula is C29H21Br2N3O3. The maximum atomic E-state index is 12.9. The summed E-state index contributed by atoms with van der Waals surface area (Å²) >= 11 is 7.11. The Kier molecular flexibility index (Phi) is 7.48. The maximum Gasteiger partial charge on any atom is 0.260 e. The fourth-order valence-electron chi connectivity index (χ4n) is 4.13. The number of rotatable bonds is 7. The molecule has 0 spiro atoms. The van der Waals surface area contributed by atoms with Crippen LogP contribution < -0.4 is 15.6 Å². The molecule has 1 N–H and O–H groups in total. The molecule has 0 saturated heterocycles. The molecule has 0 aliphatic heterocycles. The second kappa shape index (κ2) is 11.1. The Morgan fingerprint density at radius 3 is 2.05 bits per heavy atom. The summed E-state index contributed by atoms with van der Waals surface area (Å²) in [6, 6.07) is 28.2. The second-order valence-electron chi connectivity index (χ2n) is 8.33. The number of hydrogen-bond acceptors (Lipinski definition) is 4. The van der Waals surface area contributed by atoms with Crippen LogP contribution in [0, 0.1) is 0 Å². The van der Waals surface area contributed by atoms with E-state index in [1.165, 1.54) is 0 Å². The van der Waals surface area contributed by atoms with Gasteiger partial charge in [0.05, 0.1) is 26.2 Å². The van der Waals surface area contributed by atoms with Crippen LogP contribution in [0.5, 0.6) is 5.75 Å². The van der Waals surface area contributed by atoms with Gasteiger partial charge < -0.3 is 9.30 Å². The van der Waals surface area contributed by atoms with E-state index in [1.54, 1.807) is 18.3 Å². The molecule has 0 atom stereocenters. The number of aromatic nitrogens is 1. The smallest absolute Gasteiger partial charge is 0.260 e. The standard InChI is InChI=1S/C29H21Br2N3O3/c30-23-14-20(15-24(31)29(23)37-18-19-8-2-1-3-9-19)16-32-33-27(35)17-34-25-12-6-4-10-21(25)28(36)22-11-5-7-13-26(22)34/h1-16H,17-18H2,(H,33,35). The number of halogens is 2. The minimum Gasteiger partial charge on any atom is -0.487 e. The number of carbonyl (C=O) groups excluding carboxylic acids is 1. The van der Waals surface area contributed by atoms with E-state index >= 15 is 0 Å². The quantitative estimate of drug-likeness (QED) is 0.130. The predicted molar refractivity (Wildman–Crippen MR) is 154 cm³/mol. The van der Waals surface area contributed by atoms with Gasteiger partial charge in [0.15, 0.2) is 5.43 Å². The number of ether oxygens (including phenoxy) is 1. The van der Waals surface area contributed by atoms with Crippen molar-refractivity contribution in [2.75, 3.05) is 0 Å². The van der Waals surface area contributed by atoms with Crippen LogP contribution in [0.2, 0.25) is 0 Å². The van der Waals surface area contributed by atoms with E-state index in [9.17, 15) is 9.59 Å². The minimum absolute atomic E-state index is 0.0122. The van der Waals surface area contributed by atoms with Gasteiger partial charge in [-0.1, -0.05) is 54.6 Å². The molecule has 5 aromatic rings. The van der Waals surface area contributed by atoms with Crippen molar-refractivity contribution in [3.63, 3.8) is 0 Å². The average Bonchev–Trinajstić information content (AvgIpc) is 2.91. The molecule has 6 nitrogen and oxygen atoms in total. The van der Waals surface area contributed by atoms with Gasteiger partial charge in [-0.25, -0.2) is 5.43 Å². The van der Waals surface area contributed by atoms with E-state index in [0.717, 1.165) is 20.1 Å². The highest BCUT2D eigenvalue weighted by molar-refractivity contribution is 9.11. The summed E-state index contributed by atoms with van der Waals surface area (Å²) in [6.45, 7) is 0.453. The van der Waals surface area contributed by atoms with Gasteiger partial charge in [-0.15, -0.1) is 0 Å². The number of benzene rings is 4. The van der Waals surface area contributed by atoms with Crippen LogP contribution in [0.25, 0.3) is 21.8 Å². The van der Waals surface area contributed by atoms with Gasteiger partial charge in [0.1, 0.15) is 18.9 Å². The third-order valence-electron chi connectivity index (χ3n) is 5.83. The fourth-order valence-corrected chi connectivity index (χ4v) is 5.58. The molecule has 1 heterocycles. The van der Waals surface area contributed by atoms with Crippen LogP contribution in [0.1, 0.15) is 11.1 Å². The van der Waals surface area contributed by atoms with Gasteiger partial charge >= 0.3 is 0 Å². The van der Waals surface area contributed by atoms with Gasteiger partial charge in [-0.05, 0) is 79.4 Å². The summed E-state index contributed by atoms with van der Waals surface area (Å²) in [7, 11) is 0. The molecule has 0 bridgehead atoms. The SMILES string of the molecule is O=C(Cn1c2ccccc2c(=O)c2ccccc21)NN=Cc1cc(Br)c(OCc2ccccc2)c(Br)c1. The highest BCUT2D eigenvalue weighted by Crippen LogP contribution is 2.35. The summed E-state index contributed by atoms with van der Waals surface area (Å²) in [6.07, 6.45) is 1.57. The van der Waals surface area contributed by atoms with Gasteiger partial charge in [0.25, 0.3) is 5.91 Å². The minimum atomic E-state index is -0.309. The summed E-state index contributed by atoms with van der Waals surface area (Å²) in [5.41, 5.74) is 5.78. The Hall–Kier alpha value is -3.75. The van der Waals surface area contributed by atoms with E-state index in [4.69, 9.17) is 4.74 Å². The summed E-state index contributed by atoms with van der Waals surface area (Å²) in [5, 5.41) is 5.28. The Balaban J connectivity index is 1.31. The first kappa shape index (κ1) is 24.9. The van der Waals surface area contributed by atoms with Crippen LogP contribution in [-0.4, -0.2) is 16.7 Å². The highest BCUT2D eigenvalue weighted by Gasteiger charge is 2.13. The zero-order valence-corrected chi connectivity index (χ0v) is 22.7. The van der Waals surface area contributed by atoms with Crippen molar-refractivity contribution in [2.24, 2.45) is 5.10 Å². The Morgan fingerprint density at radius 2 is 1.43 bits per heavy atom. The molecule has 8 heteroatoms. The molecule has 37 heavy (non-hydrogen) atoms. The first-order chi connectivity index (χ1) is 18.0. The van der Waals surface area contributed by atoms with Gasteiger partial charge in [0, 0.05) is 10.8 Å². The lowest BCUT2D eigenvalue weighted by atomic mass is 10.1. The Morgan fingerprint density at radius 1 is 0.865 bits per heavy atom. The number of fused-ring (bicyclic) bond motifs is 2. The lowest BCUT2D eigenvalue weighted by molar-refractivity contribution is -0.121. The number of hydrazone groups is 1. The molecule has 1 aromatic heterocycles. The summed E-state index contributed by atoms with van der Waals surface area (Å²) in [5.74, 6) is 0.373. The van der Waals surface area contributed by atoms with Gasteiger partial charge in [-0.2, -0.15) is 5.10 Å². The molecule has 0 aliphatic rings. The third-order valence-corrected chi connectivity index (χ3v) is 7.01. The number of hydrogen-bond donors (Lipinski definition) is 1. The van der Waals surface area contributed by atoms with Crippen molar-refractivity contribution in [1.82, 2.24) is 9.99 Å². The maximum absolute atomic E-state index is 12.9. The molecule has 0 saturated carbocycles. The summed E-state index contributed by atoms with van der Waals surface area (Å²) < 4.78 is 9.32. The molecule has 0 radical (unpaired) electrons. The summed E-state index contributed by atoms with van der Waals surface area (Å²) in [4.78, 5) is 25.7. The zero-order valence-electron chi connectivity index (χ0n) is 19.5. The van der Waals surface area contributed by atoms with Crippen molar-refractivity contribution in [3.05, 3.63) is 121 Å². The van der Waals surface area contributed by atoms with Crippen LogP contribution >= 0.6 is 31.9 Å². The molecule has 184 valence electrons. The number of amides is 1. The topological polar surface area (TPSA) is 72.7 Å². The number of para-hydroxylation sites is 2. The molecular weight excluding hydrogens is 598 g/mol. The van der Waals surface area contributed by atoms with E-state index in [1.807, 2.05) is 83.4 Å². The van der Waals surface area contributed by atoms with Crippen LogP contribution in [0.15, 0.2) is 110 Å². The van der Waals surface area contributed by atoms with E-state index in [2.05, 4.69) is 42.4 Å². The third kappa shape index (κ3) is 5.50. The normalized spacial score (nSPS) is 11.3. The monoisotopic (exact) mass is 617 g/mol. The van der Waals surface area contributed by atoms with Gasteiger partial charge in [0.2, 0.25) is 0 Å². The van der Waals surface area contributed by atoms with Crippen molar-refractivity contribution in [3.8, 4) is 5.75 Å². The van der Waals surface area contributed by atoms with Crippen molar-refractivity contribution in [2.45, 2.75) is 13.2 Å². The van der Waals surface area contributed by atoms with E-state index in [-0.39, 0.29) is 17.9 Å². The number of carbonyl (C=O) groups is 1. The largest absolute Gasteiger partial charge is 0.487 e. The molecule has 1 amide bonds. The average molecular weight is 619 g/mol. The van der Waals surface area contributed by atoms with Gasteiger partial charge in [-0.3, -0.25) is 9.59 Å².